The first kappa shape index (κ1) is 5.74. The molecule has 0 aromatic carbocycles. The second kappa shape index (κ2) is 5.63. The minimum Gasteiger partial charge on any atom is -0.455 e. The van der Waals surface area contributed by atoms with Crippen LogP contribution < -0.4 is 0 Å². The van der Waals surface area contributed by atoms with Crippen LogP contribution in [-0.2, 0) is 9.53 Å². The molecule has 0 spiro atoms. The molecule has 1 atom stereocenters. The Bertz CT molecular complexity index is 378. The van der Waals surface area contributed by atoms with E-state index in [1.54, 1.807) is 6.92 Å². The predicted octanol–water partition coefficient (Wildman–Crippen LogP) is 3.24. The summed E-state index contributed by atoms with van der Waals surface area (Å²) in [6, 6.07) is 0. The summed E-state index contributed by atoms with van der Waals surface area (Å²) in [6.07, 6.45) is 3.02. The molecule has 0 saturated heterocycles. The highest BCUT2D eigenvalue weighted by atomic mass is 16.6. The summed E-state index contributed by atoms with van der Waals surface area (Å²) in [4.78, 5) is 11.0. The van der Waals surface area contributed by atoms with Crippen LogP contribution in [0.25, 0.3) is 0 Å². The zero-order valence-electron chi connectivity index (χ0n) is 14.6. The van der Waals surface area contributed by atoms with E-state index < -0.39 is 30.8 Å². The first-order chi connectivity index (χ1) is 8.82. The molecule has 2 heteroatoms. The van der Waals surface area contributed by atoms with Gasteiger partial charge in [0.15, 0.2) is 0 Å². The van der Waals surface area contributed by atoms with E-state index in [0.717, 1.165) is 0 Å². The van der Waals surface area contributed by atoms with E-state index in [1.807, 2.05) is 0 Å². The van der Waals surface area contributed by atoms with Crippen molar-refractivity contribution in [2.45, 2.75) is 46.0 Å². The van der Waals surface area contributed by atoms with Crippen LogP contribution in [0.1, 0.15) is 48.6 Å². The second-order valence-corrected chi connectivity index (χ2v) is 3.27. The molecule has 0 saturated carbocycles. The Labute approximate surface area is 95.1 Å². The summed E-state index contributed by atoms with van der Waals surface area (Å²) in [5.41, 5.74) is -1.52. The molecule has 0 fully saturated rings. The largest absolute Gasteiger partial charge is 0.455 e. The van der Waals surface area contributed by atoms with E-state index in [2.05, 4.69) is 6.58 Å². The van der Waals surface area contributed by atoms with Crippen molar-refractivity contribution in [3.63, 3.8) is 0 Å². The Morgan fingerprint density at radius 1 is 1.64 bits per heavy atom. The van der Waals surface area contributed by atoms with Crippen LogP contribution in [0.5, 0.6) is 0 Å². The van der Waals surface area contributed by atoms with Crippen LogP contribution in [0.3, 0.4) is 0 Å². The first-order valence-corrected chi connectivity index (χ1v) is 4.36. The van der Waals surface area contributed by atoms with Gasteiger partial charge in [0.25, 0.3) is 0 Å². The van der Waals surface area contributed by atoms with Crippen molar-refractivity contribution in [1.82, 2.24) is 0 Å². The monoisotopic (exact) mass is 202 g/mol. The third-order valence-electron chi connectivity index (χ3n) is 1.80. The lowest BCUT2D eigenvalue weighted by Gasteiger charge is -2.24. The maximum atomic E-state index is 11.0. The lowest BCUT2D eigenvalue weighted by molar-refractivity contribution is -0.151. The van der Waals surface area contributed by atoms with Crippen LogP contribution in [0.15, 0.2) is 24.3 Å². The summed E-state index contributed by atoms with van der Waals surface area (Å²) >= 11 is 0. The van der Waals surface area contributed by atoms with Gasteiger partial charge in [0.2, 0.25) is 0 Å². The smallest absolute Gasteiger partial charge is 0.303 e. The quantitative estimate of drug-likeness (QED) is 0.505. The molecule has 2 nitrogen and oxygen atoms in total. The lowest BCUT2D eigenvalue weighted by Crippen LogP contribution is -2.27. The second-order valence-electron chi connectivity index (χ2n) is 3.27. The normalized spacial score (nSPS) is 22.1. The summed E-state index contributed by atoms with van der Waals surface area (Å²) < 4.78 is 48.5. The molecule has 1 unspecified atom stereocenters. The third-order valence-corrected chi connectivity index (χ3v) is 1.80. The Hall–Kier alpha value is -1.05. The van der Waals surface area contributed by atoms with Crippen LogP contribution in [0.2, 0.25) is 0 Å². The molecule has 0 bridgehead atoms. The van der Waals surface area contributed by atoms with Crippen LogP contribution in [0.4, 0.5) is 0 Å². The van der Waals surface area contributed by atoms with E-state index in [4.69, 9.17) is 13.0 Å². The van der Waals surface area contributed by atoms with Crippen molar-refractivity contribution in [1.29, 1.82) is 0 Å². The summed E-state index contributed by atoms with van der Waals surface area (Å²) in [5.74, 6) is -0.483. The molecule has 0 rings (SSSR count). The molecule has 80 valence electrons. The minimum absolute atomic E-state index is 0.155. The molecule has 0 aliphatic carbocycles. The van der Waals surface area contributed by atoms with Gasteiger partial charge in [0.1, 0.15) is 5.60 Å². The van der Waals surface area contributed by atoms with Crippen molar-refractivity contribution in [3.8, 4) is 0 Å². The van der Waals surface area contributed by atoms with Crippen molar-refractivity contribution in [2.75, 3.05) is 0 Å². The van der Waals surface area contributed by atoms with Crippen molar-refractivity contribution in [2.24, 2.45) is 0 Å². The van der Waals surface area contributed by atoms with E-state index in [9.17, 15) is 4.79 Å². The molecule has 0 N–H and O–H groups in total. The average Bonchev–Trinajstić information content (AvgIpc) is 2.19. The van der Waals surface area contributed by atoms with Gasteiger partial charge in [-0.25, -0.2) is 0 Å². The summed E-state index contributed by atoms with van der Waals surface area (Å²) in [7, 11) is 0. The third kappa shape index (κ3) is 5.57. The van der Waals surface area contributed by atoms with Crippen LogP contribution in [0, 0.1) is 0 Å². The number of rotatable bonds is 5. The molecule has 0 aromatic heterocycles. The van der Waals surface area contributed by atoms with Gasteiger partial charge in [0.05, 0.1) is 0 Å². The highest BCUT2D eigenvalue weighted by Crippen LogP contribution is 2.19. The minimum atomic E-state index is -2.67. The summed E-state index contributed by atoms with van der Waals surface area (Å²) in [5, 5.41) is 0. The van der Waals surface area contributed by atoms with E-state index in [-0.39, 0.29) is 12.8 Å². The van der Waals surface area contributed by atoms with E-state index in [0.29, 0.717) is 0 Å². The Balaban J connectivity index is 4.99. The summed E-state index contributed by atoms with van der Waals surface area (Å²) in [6.45, 7) is 1.10. The van der Waals surface area contributed by atoms with Gasteiger partial charge in [-0.1, -0.05) is 18.2 Å². The van der Waals surface area contributed by atoms with Gasteiger partial charge in [-0.2, -0.15) is 0 Å². The highest BCUT2D eigenvalue weighted by Gasteiger charge is 2.22. The Morgan fingerprint density at radius 2 is 2.29 bits per heavy atom. The zero-order valence-corrected chi connectivity index (χ0v) is 8.59. The number of allylic oxidation sites excluding steroid dienone is 2. The first-order valence-electron chi connectivity index (χ1n) is 7.36. The molecule has 0 heterocycles. The molecular weight excluding hydrogens is 176 g/mol. The fourth-order valence-corrected chi connectivity index (χ4v) is 1.03. The topological polar surface area (TPSA) is 26.3 Å². The SMILES string of the molecule is [2H]C([2H])([2H])C(=CCCC(C)(C=C)OC(C)=O)C([2H])([2H])[2H]. The van der Waals surface area contributed by atoms with Gasteiger partial charge in [0, 0.05) is 15.1 Å². The maximum absolute atomic E-state index is 11.0. The average molecular weight is 202 g/mol. The molecule has 0 aromatic rings. The number of hydrogen-bond donors (Lipinski definition) is 0. The van der Waals surface area contributed by atoms with E-state index >= 15 is 0 Å². The Kier molecular flexibility index (Phi) is 2.31. The maximum Gasteiger partial charge on any atom is 0.303 e. The fraction of sp³-hybridized carbons (Fsp3) is 0.583. The zero-order chi connectivity index (χ0) is 16.2. The molecule has 0 amide bonds. The Morgan fingerprint density at radius 3 is 2.71 bits per heavy atom. The number of ether oxygens (including phenoxy) is 1. The van der Waals surface area contributed by atoms with Crippen LogP contribution >= 0.6 is 0 Å². The van der Waals surface area contributed by atoms with Crippen molar-refractivity contribution in [3.05, 3.63) is 24.3 Å². The molecule has 0 aliphatic rings. The lowest BCUT2D eigenvalue weighted by atomic mass is 9.99. The van der Waals surface area contributed by atoms with Crippen molar-refractivity contribution >= 4 is 5.97 Å². The number of hydrogen-bond acceptors (Lipinski definition) is 2. The van der Waals surface area contributed by atoms with Crippen molar-refractivity contribution < 1.29 is 17.8 Å². The van der Waals surface area contributed by atoms with Crippen LogP contribution in [-0.4, -0.2) is 11.6 Å². The molecule has 14 heavy (non-hydrogen) atoms. The van der Waals surface area contributed by atoms with Gasteiger partial charge in [-0.3, -0.25) is 4.79 Å². The van der Waals surface area contributed by atoms with E-state index in [1.165, 1.54) is 19.1 Å². The molecule has 0 aliphatic heterocycles. The predicted molar refractivity (Wildman–Crippen MR) is 59.0 cm³/mol. The fourth-order valence-electron chi connectivity index (χ4n) is 1.03. The number of carbonyl (C=O) groups is 1. The molecule has 0 radical (unpaired) electrons. The van der Waals surface area contributed by atoms with Gasteiger partial charge in [-0.15, -0.1) is 0 Å². The van der Waals surface area contributed by atoms with Gasteiger partial charge >= 0.3 is 5.97 Å². The van der Waals surface area contributed by atoms with Gasteiger partial charge < -0.3 is 4.74 Å². The molecular formula is C12H20O2. The van der Waals surface area contributed by atoms with Gasteiger partial charge in [-0.05, 0) is 39.5 Å². The standard InChI is InChI=1S/C12H20O2/c1-6-12(5,14-11(4)13)9-7-8-10(2)3/h6,8H,1,7,9H2,2-5H3/i2D3,3D3. The number of esters is 1. The number of carbonyl (C=O) groups excluding carboxylic acids is 1. The highest BCUT2D eigenvalue weighted by molar-refractivity contribution is 5.66.